The molecule has 142 valence electrons. The number of nitrogens with zero attached hydrogens (tertiary/aromatic N) is 2. The minimum atomic E-state index is -0.108. The van der Waals surface area contributed by atoms with Crippen molar-refractivity contribution >= 4 is 17.5 Å². The number of carbonyl (C=O) groups excluding carboxylic acids is 2. The molecule has 1 aromatic carbocycles. The highest BCUT2D eigenvalue weighted by atomic mass is 16.5. The Hall–Kier alpha value is -1.96. The van der Waals surface area contributed by atoms with E-state index in [0.717, 1.165) is 32.6 Å². The summed E-state index contributed by atoms with van der Waals surface area (Å²) in [7, 11) is 2.07. The standard InChI is InChI=1S/C19H28N4O3/c1-22-8-4-9-23(11-10-22)19(25)16-5-2-3-6-17(16)21-18(24)13-15-14-26-12-7-20-15/h2-3,5-6,15,20H,4,7-14H2,1H3,(H,21,24). The van der Waals surface area contributed by atoms with Gasteiger partial charge in [0.25, 0.3) is 5.91 Å². The molecule has 0 aromatic heterocycles. The second-order valence-corrected chi connectivity index (χ2v) is 6.97. The van der Waals surface area contributed by atoms with Gasteiger partial charge in [-0.3, -0.25) is 9.59 Å². The summed E-state index contributed by atoms with van der Waals surface area (Å²) in [5.74, 6) is -0.126. The number of para-hydroxylation sites is 1. The van der Waals surface area contributed by atoms with Crippen molar-refractivity contribution in [1.82, 2.24) is 15.1 Å². The molecule has 2 N–H and O–H groups in total. The molecule has 1 unspecified atom stereocenters. The first-order chi connectivity index (χ1) is 12.6. The molecule has 0 aliphatic carbocycles. The molecule has 2 fully saturated rings. The number of rotatable bonds is 4. The van der Waals surface area contributed by atoms with Crippen LogP contribution in [0.4, 0.5) is 5.69 Å². The van der Waals surface area contributed by atoms with Gasteiger partial charge in [-0.1, -0.05) is 12.1 Å². The largest absolute Gasteiger partial charge is 0.378 e. The van der Waals surface area contributed by atoms with E-state index in [4.69, 9.17) is 4.74 Å². The summed E-state index contributed by atoms with van der Waals surface area (Å²) in [5.41, 5.74) is 1.13. The van der Waals surface area contributed by atoms with Gasteiger partial charge in [0, 0.05) is 38.6 Å². The van der Waals surface area contributed by atoms with Gasteiger partial charge in [0.05, 0.1) is 24.5 Å². The third kappa shape index (κ3) is 5.03. The third-order valence-corrected chi connectivity index (χ3v) is 4.87. The number of carbonyl (C=O) groups is 2. The van der Waals surface area contributed by atoms with Crippen molar-refractivity contribution in [1.29, 1.82) is 0 Å². The summed E-state index contributed by atoms with van der Waals surface area (Å²) >= 11 is 0. The topological polar surface area (TPSA) is 73.9 Å². The molecule has 1 atom stereocenters. The van der Waals surface area contributed by atoms with Gasteiger partial charge in [-0.25, -0.2) is 0 Å². The lowest BCUT2D eigenvalue weighted by molar-refractivity contribution is -0.117. The Bertz CT molecular complexity index is 631. The summed E-state index contributed by atoms with van der Waals surface area (Å²) < 4.78 is 5.39. The van der Waals surface area contributed by atoms with Crippen molar-refractivity contribution in [3.63, 3.8) is 0 Å². The van der Waals surface area contributed by atoms with Crippen molar-refractivity contribution in [2.75, 3.05) is 58.3 Å². The van der Waals surface area contributed by atoms with Crippen LogP contribution in [0.5, 0.6) is 0 Å². The number of morpholine rings is 1. The van der Waals surface area contributed by atoms with Gasteiger partial charge in [0.1, 0.15) is 0 Å². The molecule has 2 heterocycles. The Morgan fingerprint density at radius 1 is 1.23 bits per heavy atom. The van der Waals surface area contributed by atoms with Crippen LogP contribution in [-0.2, 0) is 9.53 Å². The number of likely N-dealkylation sites (N-methyl/N-ethyl adjacent to an activating group) is 1. The Labute approximate surface area is 154 Å². The maximum Gasteiger partial charge on any atom is 0.256 e. The zero-order chi connectivity index (χ0) is 18.4. The van der Waals surface area contributed by atoms with E-state index < -0.39 is 0 Å². The van der Waals surface area contributed by atoms with Crippen molar-refractivity contribution < 1.29 is 14.3 Å². The number of hydrogen-bond acceptors (Lipinski definition) is 5. The quantitative estimate of drug-likeness (QED) is 0.830. The zero-order valence-electron chi connectivity index (χ0n) is 15.4. The highest BCUT2D eigenvalue weighted by Gasteiger charge is 2.23. The molecule has 26 heavy (non-hydrogen) atoms. The average Bonchev–Trinajstić information content (AvgIpc) is 2.87. The maximum atomic E-state index is 13.0. The molecule has 1 aromatic rings. The van der Waals surface area contributed by atoms with E-state index in [-0.39, 0.29) is 17.9 Å². The van der Waals surface area contributed by atoms with Gasteiger partial charge < -0.3 is 25.2 Å². The number of hydrogen-bond donors (Lipinski definition) is 2. The predicted molar refractivity (Wildman–Crippen MR) is 100 cm³/mol. The van der Waals surface area contributed by atoms with Gasteiger partial charge in [-0.15, -0.1) is 0 Å². The van der Waals surface area contributed by atoms with Crippen LogP contribution in [0, 0.1) is 0 Å². The lowest BCUT2D eigenvalue weighted by Gasteiger charge is -2.24. The third-order valence-electron chi connectivity index (χ3n) is 4.87. The average molecular weight is 360 g/mol. The molecule has 2 aliphatic heterocycles. The molecule has 0 saturated carbocycles. The van der Waals surface area contributed by atoms with Gasteiger partial charge in [0.2, 0.25) is 5.91 Å². The Morgan fingerprint density at radius 3 is 2.88 bits per heavy atom. The normalized spacial score (nSPS) is 21.9. The van der Waals surface area contributed by atoms with Crippen LogP contribution < -0.4 is 10.6 Å². The molecular formula is C19H28N4O3. The monoisotopic (exact) mass is 360 g/mol. The first-order valence-electron chi connectivity index (χ1n) is 9.31. The molecule has 3 rings (SSSR count). The first-order valence-corrected chi connectivity index (χ1v) is 9.31. The maximum absolute atomic E-state index is 13.0. The molecular weight excluding hydrogens is 332 g/mol. The number of anilines is 1. The lowest BCUT2D eigenvalue weighted by Crippen LogP contribution is -2.43. The fourth-order valence-electron chi connectivity index (χ4n) is 3.37. The smallest absolute Gasteiger partial charge is 0.256 e. The number of nitrogens with one attached hydrogen (secondary N) is 2. The Morgan fingerprint density at radius 2 is 2.08 bits per heavy atom. The molecule has 2 saturated heterocycles. The van der Waals surface area contributed by atoms with E-state index in [2.05, 4.69) is 22.6 Å². The van der Waals surface area contributed by atoms with E-state index >= 15 is 0 Å². The Kier molecular flexibility index (Phi) is 6.60. The molecule has 0 bridgehead atoms. The molecule has 2 aliphatic rings. The van der Waals surface area contributed by atoms with Crippen LogP contribution in [0.1, 0.15) is 23.2 Å². The molecule has 7 heteroatoms. The summed E-state index contributed by atoms with van der Waals surface area (Å²) in [5, 5.41) is 6.18. The van der Waals surface area contributed by atoms with E-state index in [1.165, 1.54) is 0 Å². The second kappa shape index (κ2) is 9.12. The highest BCUT2D eigenvalue weighted by molar-refractivity contribution is 6.03. The summed E-state index contributed by atoms with van der Waals surface area (Å²) in [4.78, 5) is 29.5. The summed E-state index contributed by atoms with van der Waals surface area (Å²) in [6, 6.07) is 7.27. The van der Waals surface area contributed by atoms with Crippen molar-refractivity contribution in [2.24, 2.45) is 0 Å². The van der Waals surface area contributed by atoms with Crippen molar-refractivity contribution in [3.8, 4) is 0 Å². The van der Waals surface area contributed by atoms with Crippen molar-refractivity contribution in [2.45, 2.75) is 18.9 Å². The minimum absolute atomic E-state index is 0.0182. The summed E-state index contributed by atoms with van der Waals surface area (Å²) in [6.07, 6.45) is 1.29. The van der Waals surface area contributed by atoms with Crippen LogP contribution >= 0.6 is 0 Å². The number of amides is 2. The fraction of sp³-hybridized carbons (Fsp3) is 0.579. The van der Waals surface area contributed by atoms with E-state index in [0.29, 0.717) is 37.4 Å². The molecule has 0 radical (unpaired) electrons. The van der Waals surface area contributed by atoms with Gasteiger partial charge in [0.15, 0.2) is 0 Å². The van der Waals surface area contributed by atoms with Crippen LogP contribution in [0.3, 0.4) is 0 Å². The van der Waals surface area contributed by atoms with E-state index in [1.54, 1.807) is 12.1 Å². The molecule has 0 spiro atoms. The fourth-order valence-corrected chi connectivity index (χ4v) is 3.37. The predicted octanol–water partition coefficient (Wildman–Crippen LogP) is 0.781. The van der Waals surface area contributed by atoms with E-state index in [9.17, 15) is 9.59 Å². The molecule has 7 nitrogen and oxygen atoms in total. The first kappa shape index (κ1) is 18.8. The van der Waals surface area contributed by atoms with E-state index in [1.807, 2.05) is 17.0 Å². The summed E-state index contributed by atoms with van der Waals surface area (Å²) in [6.45, 7) is 5.30. The minimum Gasteiger partial charge on any atom is -0.378 e. The van der Waals surface area contributed by atoms with Gasteiger partial charge in [-0.05, 0) is 32.1 Å². The Balaban J connectivity index is 1.65. The van der Waals surface area contributed by atoms with Crippen LogP contribution in [0.15, 0.2) is 24.3 Å². The SMILES string of the molecule is CN1CCCN(C(=O)c2ccccc2NC(=O)CC2COCCN2)CC1. The number of benzene rings is 1. The van der Waals surface area contributed by atoms with Gasteiger partial charge in [-0.2, -0.15) is 0 Å². The highest BCUT2D eigenvalue weighted by Crippen LogP contribution is 2.19. The number of ether oxygens (including phenoxy) is 1. The zero-order valence-corrected chi connectivity index (χ0v) is 15.4. The van der Waals surface area contributed by atoms with Gasteiger partial charge >= 0.3 is 0 Å². The molecule has 2 amide bonds. The van der Waals surface area contributed by atoms with Crippen molar-refractivity contribution in [3.05, 3.63) is 29.8 Å². The van der Waals surface area contributed by atoms with Crippen LogP contribution in [0.25, 0.3) is 0 Å². The second-order valence-electron chi connectivity index (χ2n) is 6.97. The lowest BCUT2D eigenvalue weighted by atomic mass is 10.1. The van der Waals surface area contributed by atoms with Crippen LogP contribution in [0.2, 0.25) is 0 Å². The van der Waals surface area contributed by atoms with Crippen LogP contribution in [-0.4, -0.2) is 80.6 Å².